The number of aryl methyl sites for hydroxylation is 1. The van der Waals surface area contributed by atoms with Gasteiger partial charge < -0.3 is 29.0 Å². The number of anilines is 1. The number of carbonyl (C=O) groups excluding carboxylic acids is 1. The van der Waals surface area contributed by atoms with Crippen LogP contribution < -0.4 is 21.0 Å². The molecule has 0 spiro atoms. The number of hydrogen-bond acceptors (Lipinski definition) is 9. The van der Waals surface area contributed by atoms with E-state index in [1.165, 1.54) is 4.57 Å². The minimum absolute atomic E-state index is 0.124. The number of nitrogen functional groups attached to an aromatic ring is 1. The molecule has 2 heterocycles. The van der Waals surface area contributed by atoms with Gasteiger partial charge in [-0.05, 0) is 45.2 Å². The zero-order valence-electron chi connectivity index (χ0n) is 21.6. The van der Waals surface area contributed by atoms with Crippen molar-refractivity contribution in [3.8, 4) is 5.75 Å². The Morgan fingerprint density at radius 1 is 1.30 bits per heavy atom. The van der Waals surface area contributed by atoms with E-state index in [4.69, 9.17) is 24.3 Å². The van der Waals surface area contributed by atoms with Gasteiger partial charge in [0.2, 0.25) is 6.93 Å². The van der Waals surface area contributed by atoms with Gasteiger partial charge in [0.15, 0.2) is 0 Å². The number of halogens is 2. The highest BCUT2D eigenvalue weighted by atomic mass is 31.2. The highest BCUT2D eigenvalue weighted by Gasteiger charge is 2.29. The van der Waals surface area contributed by atoms with Gasteiger partial charge in [-0.2, -0.15) is 4.98 Å². The summed E-state index contributed by atoms with van der Waals surface area (Å²) >= 11 is 0. The van der Waals surface area contributed by atoms with Crippen molar-refractivity contribution in [3.05, 3.63) is 52.6 Å². The SMILES string of the molecule is CCc1cn(C2CCC(COP(NCC=O)Oc3ccccc3)O2)c(=O)nc1N.COC(C)C.FCF. The van der Waals surface area contributed by atoms with Gasteiger partial charge in [0.25, 0.3) is 0 Å². The number of nitrogens with one attached hydrogen (secondary N) is 1. The summed E-state index contributed by atoms with van der Waals surface area (Å²) < 4.78 is 43.1. The number of methoxy groups -OCH3 is 1. The highest BCUT2D eigenvalue weighted by molar-refractivity contribution is 7.45. The molecule has 0 bridgehead atoms. The number of alkyl halides is 2. The Bertz CT molecular complexity index is 955. The fourth-order valence-electron chi connectivity index (χ4n) is 2.96. The average Bonchev–Trinajstić information content (AvgIpc) is 3.36. The molecule has 2 aromatic rings. The molecule has 3 atom stereocenters. The predicted molar refractivity (Wildman–Crippen MR) is 139 cm³/mol. The molecular weight excluding hydrogens is 509 g/mol. The second kappa shape index (κ2) is 18.7. The van der Waals surface area contributed by atoms with E-state index >= 15 is 0 Å². The Hall–Kier alpha value is -2.50. The van der Waals surface area contributed by atoms with E-state index in [-0.39, 0.29) is 25.1 Å². The van der Waals surface area contributed by atoms with Crippen LogP contribution in [0.4, 0.5) is 14.6 Å². The normalized spacial score (nSPS) is 17.3. The standard InChI is InChI=1S/C19H25N4O5P.C4H10O.CH2F2/c1-2-14-12-23(19(25)22-18(14)20)17-9-8-16(27-17)13-26-29(21-10-11-24)28-15-6-4-3-5-7-15;1-4(2)5-3;2-1-3/h3-7,11-12,16-17,21H,2,8-10,13H2,1H3,(H2,20,22,25);4H,1-3H3;1H2. The Labute approximate surface area is 217 Å². The topological polar surface area (TPSA) is 127 Å². The molecule has 208 valence electrons. The molecule has 0 amide bonds. The number of nitrogens with zero attached hydrogens (tertiary/aromatic N) is 2. The molecule has 0 radical (unpaired) electrons. The Morgan fingerprint density at radius 3 is 2.51 bits per heavy atom. The van der Waals surface area contributed by atoms with E-state index < -0.39 is 27.4 Å². The molecule has 3 N–H and O–H groups in total. The minimum atomic E-state index is -1.75. The number of aromatic nitrogens is 2. The first kappa shape index (κ1) is 32.5. The predicted octanol–water partition coefficient (Wildman–Crippen LogP) is 4.10. The van der Waals surface area contributed by atoms with Crippen LogP contribution in [0.5, 0.6) is 5.75 Å². The zero-order valence-corrected chi connectivity index (χ0v) is 22.5. The van der Waals surface area contributed by atoms with Crippen LogP contribution in [0.25, 0.3) is 0 Å². The van der Waals surface area contributed by atoms with Crippen LogP contribution in [0.2, 0.25) is 0 Å². The number of aldehydes is 1. The molecule has 1 saturated heterocycles. The zero-order chi connectivity index (χ0) is 27.6. The Morgan fingerprint density at radius 2 is 1.95 bits per heavy atom. The summed E-state index contributed by atoms with van der Waals surface area (Å²) in [6.07, 6.45) is 4.33. The van der Waals surface area contributed by atoms with Crippen molar-refractivity contribution < 1.29 is 32.1 Å². The lowest BCUT2D eigenvalue weighted by molar-refractivity contribution is -0.106. The van der Waals surface area contributed by atoms with E-state index in [0.29, 0.717) is 24.7 Å². The van der Waals surface area contributed by atoms with Crippen LogP contribution in [0.3, 0.4) is 0 Å². The van der Waals surface area contributed by atoms with E-state index in [0.717, 1.165) is 18.3 Å². The molecule has 10 nitrogen and oxygen atoms in total. The van der Waals surface area contributed by atoms with Crippen molar-refractivity contribution in [2.45, 2.75) is 58.5 Å². The van der Waals surface area contributed by atoms with Crippen molar-refractivity contribution in [2.24, 2.45) is 0 Å². The van der Waals surface area contributed by atoms with E-state index in [1.807, 2.05) is 51.1 Å². The summed E-state index contributed by atoms with van der Waals surface area (Å²) in [7, 11) is 0.195. The average molecular weight is 547 g/mol. The number of carbonyl (C=O) groups is 1. The van der Waals surface area contributed by atoms with Crippen LogP contribution in [0.15, 0.2) is 41.3 Å². The summed E-state index contributed by atoms with van der Waals surface area (Å²) in [5.74, 6) is 0.908. The molecule has 1 aliphatic heterocycles. The molecule has 1 aliphatic rings. The number of para-hydroxylation sites is 1. The second-order valence-electron chi connectivity index (χ2n) is 7.86. The van der Waals surface area contributed by atoms with Crippen LogP contribution in [0.1, 0.15) is 45.4 Å². The van der Waals surface area contributed by atoms with Crippen molar-refractivity contribution in [1.82, 2.24) is 14.6 Å². The molecule has 0 saturated carbocycles. The molecule has 3 rings (SSSR count). The summed E-state index contributed by atoms with van der Waals surface area (Å²) in [4.78, 5) is 26.8. The number of ether oxygens (including phenoxy) is 2. The fraction of sp³-hybridized carbons (Fsp3) is 0.542. The van der Waals surface area contributed by atoms with Gasteiger partial charge in [-0.25, -0.2) is 18.7 Å². The highest BCUT2D eigenvalue weighted by Crippen LogP contribution is 2.37. The van der Waals surface area contributed by atoms with Gasteiger partial charge >= 0.3 is 14.2 Å². The molecule has 3 unspecified atom stereocenters. The third-order valence-electron chi connectivity index (χ3n) is 4.92. The molecule has 13 heteroatoms. The summed E-state index contributed by atoms with van der Waals surface area (Å²) in [6.45, 7) is 4.60. The van der Waals surface area contributed by atoms with Crippen LogP contribution in [-0.2, 0) is 25.2 Å². The molecule has 37 heavy (non-hydrogen) atoms. The van der Waals surface area contributed by atoms with Crippen LogP contribution >= 0.6 is 8.53 Å². The van der Waals surface area contributed by atoms with Crippen molar-refractivity contribution in [3.63, 3.8) is 0 Å². The lowest BCUT2D eigenvalue weighted by Gasteiger charge is -2.20. The first-order valence-electron chi connectivity index (χ1n) is 11.8. The van der Waals surface area contributed by atoms with Crippen molar-refractivity contribution in [2.75, 3.05) is 32.9 Å². The number of hydrogen-bond donors (Lipinski definition) is 2. The maximum atomic E-state index is 12.2. The van der Waals surface area contributed by atoms with Crippen molar-refractivity contribution >= 4 is 20.6 Å². The van der Waals surface area contributed by atoms with E-state index in [1.54, 1.807) is 13.3 Å². The third kappa shape index (κ3) is 12.5. The minimum Gasteiger partial charge on any atom is -0.436 e. The lowest BCUT2D eigenvalue weighted by Crippen LogP contribution is -2.29. The number of rotatable bonds is 11. The van der Waals surface area contributed by atoms with Crippen LogP contribution in [0, 0.1) is 0 Å². The quantitative estimate of drug-likeness (QED) is 0.316. The Balaban J connectivity index is 0.000000751. The van der Waals surface area contributed by atoms with Gasteiger partial charge in [0.05, 0.1) is 25.4 Å². The molecule has 1 fully saturated rings. The first-order valence-corrected chi connectivity index (χ1v) is 13.0. The first-order chi connectivity index (χ1) is 17.8. The number of nitrogens with two attached hydrogens (primary N) is 1. The van der Waals surface area contributed by atoms with Crippen molar-refractivity contribution in [1.29, 1.82) is 0 Å². The Kier molecular flexibility index (Phi) is 16.4. The van der Waals surface area contributed by atoms with Gasteiger partial charge in [0.1, 0.15) is 24.1 Å². The van der Waals surface area contributed by atoms with Gasteiger partial charge in [-0.1, -0.05) is 25.1 Å². The van der Waals surface area contributed by atoms with E-state index in [2.05, 4.69) is 10.1 Å². The maximum absolute atomic E-state index is 12.2. The summed E-state index contributed by atoms with van der Waals surface area (Å²) in [5, 5.41) is 2.93. The maximum Gasteiger partial charge on any atom is 0.351 e. The van der Waals surface area contributed by atoms with Gasteiger partial charge in [-0.3, -0.25) is 4.57 Å². The second-order valence-corrected chi connectivity index (χ2v) is 9.13. The van der Waals surface area contributed by atoms with E-state index in [9.17, 15) is 18.4 Å². The third-order valence-corrected chi connectivity index (χ3v) is 6.12. The smallest absolute Gasteiger partial charge is 0.351 e. The molecular formula is C24H37F2N4O6P. The fourth-order valence-corrected chi connectivity index (χ4v) is 4.01. The van der Waals surface area contributed by atoms with Crippen LogP contribution in [-0.4, -0.2) is 55.2 Å². The van der Waals surface area contributed by atoms with Gasteiger partial charge in [0, 0.05) is 18.9 Å². The van der Waals surface area contributed by atoms with Gasteiger partial charge in [-0.15, -0.1) is 0 Å². The molecule has 1 aromatic carbocycles. The number of benzene rings is 1. The summed E-state index contributed by atoms with van der Waals surface area (Å²) in [5.41, 5.74) is 6.17. The lowest BCUT2D eigenvalue weighted by atomic mass is 10.2. The molecule has 0 aliphatic carbocycles. The largest absolute Gasteiger partial charge is 0.436 e. The monoisotopic (exact) mass is 546 g/mol. The molecule has 1 aromatic heterocycles. The summed E-state index contributed by atoms with van der Waals surface area (Å²) in [6, 6.07) is 9.23.